The van der Waals surface area contributed by atoms with Crippen molar-refractivity contribution in [3.05, 3.63) is 0 Å². The lowest BCUT2D eigenvalue weighted by atomic mass is 9.81. The third-order valence-corrected chi connectivity index (χ3v) is 3.94. The van der Waals surface area contributed by atoms with E-state index in [1.807, 2.05) is 6.92 Å². The van der Waals surface area contributed by atoms with E-state index in [2.05, 4.69) is 5.92 Å². The van der Waals surface area contributed by atoms with Crippen molar-refractivity contribution in [1.29, 1.82) is 0 Å². The number of hydrogen-bond donors (Lipinski definition) is 0. The Morgan fingerprint density at radius 3 is 2.24 bits per heavy atom. The van der Waals surface area contributed by atoms with E-state index in [1.165, 1.54) is 4.90 Å². The van der Waals surface area contributed by atoms with Crippen molar-refractivity contribution in [2.45, 2.75) is 51.5 Å². The third-order valence-electron chi connectivity index (χ3n) is 3.94. The summed E-state index contributed by atoms with van der Waals surface area (Å²) in [6, 6.07) is -0.328. The molecule has 0 radical (unpaired) electrons. The zero-order valence-corrected chi connectivity index (χ0v) is 10.3. The SMILES string of the molecule is C#CC(CCC)N1C(=O)C2CCCCC2C1=O. The highest BCUT2D eigenvalue weighted by Crippen LogP contribution is 2.39. The Labute approximate surface area is 103 Å². The molecule has 2 amide bonds. The maximum absolute atomic E-state index is 12.2. The highest BCUT2D eigenvalue weighted by atomic mass is 16.2. The van der Waals surface area contributed by atoms with Crippen LogP contribution in [-0.2, 0) is 9.59 Å². The molecule has 0 N–H and O–H groups in total. The van der Waals surface area contributed by atoms with Crippen molar-refractivity contribution in [3.8, 4) is 12.3 Å². The Morgan fingerprint density at radius 1 is 1.29 bits per heavy atom. The molecule has 0 aromatic rings. The fraction of sp³-hybridized carbons (Fsp3) is 0.714. The van der Waals surface area contributed by atoms with Gasteiger partial charge in [0.05, 0.1) is 11.8 Å². The summed E-state index contributed by atoms with van der Waals surface area (Å²) in [5.41, 5.74) is 0. The number of imide groups is 1. The molecule has 17 heavy (non-hydrogen) atoms. The van der Waals surface area contributed by atoms with Crippen LogP contribution in [0.3, 0.4) is 0 Å². The number of carbonyl (C=O) groups is 2. The maximum atomic E-state index is 12.2. The van der Waals surface area contributed by atoms with Crippen molar-refractivity contribution in [2.24, 2.45) is 11.8 Å². The molecule has 1 heterocycles. The van der Waals surface area contributed by atoms with Crippen LogP contribution in [0.4, 0.5) is 0 Å². The van der Waals surface area contributed by atoms with Crippen LogP contribution in [0.5, 0.6) is 0 Å². The van der Waals surface area contributed by atoms with E-state index in [1.54, 1.807) is 0 Å². The lowest BCUT2D eigenvalue weighted by Crippen LogP contribution is -2.39. The van der Waals surface area contributed by atoms with Gasteiger partial charge in [-0.3, -0.25) is 14.5 Å². The molecule has 1 aliphatic carbocycles. The molecule has 0 spiro atoms. The van der Waals surface area contributed by atoms with Gasteiger partial charge in [-0.2, -0.15) is 0 Å². The molecule has 3 atom stereocenters. The molecule has 3 unspecified atom stereocenters. The van der Waals surface area contributed by atoms with Gasteiger partial charge in [-0.05, 0) is 19.3 Å². The van der Waals surface area contributed by atoms with Gasteiger partial charge in [-0.15, -0.1) is 6.42 Å². The van der Waals surface area contributed by atoms with Crippen LogP contribution in [0, 0.1) is 24.2 Å². The van der Waals surface area contributed by atoms with Gasteiger partial charge in [0.25, 0.3) is 0 Å². The standard InChI is InChI=1S/C14H19NO2/c1-3-7-10(4-2)15-13(16)11-8-5-6-9-12(11)14(15)17/h2,10-12H,3,5-9H2,1H3. The summed E-state index contributed by atoms with van der Waals surface area (Å²) in [7, 11) is 0. The first-order chi connectivity index (χ1) is 8.20. The summed E-state index contributed by atoms with van der Waals surface area (Å²) in [6.45, 7) is 2.02. The molecule has 2 fully saturated rings. The van der Waals surface area contributed by atoms with E-state index in [0.29, 0.717) is 6.42 Å². The number of rotatable bonds is 3. The zero-order chi connectivity index (χ0) is 12.4. The third kappa shape index (κ3) is 1.97. The molecular weight excluding hydrogens is 214 g/mol. The lowest BCUT2D eigenvalue weighted by Gasteiger charge is -2.21. The number of likely N-dealkylation sites (tertiary alicyclic amines) is 1. The molecule has 0 aromatic carbocycles. The van der Waals surface area contributed by atoms with Crippen LogP contribution in [0.15, 0.2) is 0 Å². The van der Waals surface area contributed by atoms with Gasteiger partial charge in [-0.25, -0.2) is 0 Å². The Balaban J connectivity index is 2.21. The Morgan fingerprint density at radius 2 is 1.82 bits per heavy atom. The number of terminal acetylenes is 1. The van der Waals surface area contributed by atoms with Crippen molar-refractivity contribution >= 4 is 11.8 Å². The van der Waals surface area contributed by atoms with Gasteiger partial charge in [0, 0.05) is 0 Å². The van der Waals surface area contributed by atoms with Gasteiger partial charge < -0.3 is 0 Å². The van der Waals surface area contributed by atoms with Crippen LogP contribution >= 0.6 is 0 Å². The predicted molar refractivity (Wildman–Crippen MR) is 64.8 cm³/mol. The lowest BCUT2D eigenvalue weighted by molar-refractivity contribution is -0.141. The molecule has 1 saturated carbocycles. The van der Waals surface area contributed by atoms with Crippen LogP contribution in [0.1, 0.15) is 45.4 Å². The number of hydrogen-bond acceptors (Lipinski definition) is 2. The average Bonchev–Trinajstić information content (AvgIpc) is 2.61. The predicted octanol–water partition coefficient (Wildman–Crippen LogP) is 1.96. The monoisotopic (exact) mass is 233 g/mol. The first-order valence-corrected chi connectivity index (χ1v) is 6.53. The summed E-state index contributed by atoms with van der Waals surface area (Å²) in [4.78, 5) is 25.8. The normalized spacial score (nSPS) is 30.0. The molecule has 3 heteroatoms. The average molecular weight is 233 g/mol. The molecule has 2 rings (SSSR count). The van der Waals surface area contributed by atoms with Crippen molar-refractivity contribution < 1.29 is 9.59 Å². The van der Waals surface area contributed by atoms with Crippen LogP contribution in [-0.4, -0.2) is 22.8 Å². The second-order valence-electron chi connectivity index (χ2n) is 5.02. The molecule has 2 aliphatic rings. The van der Waals surface area contributed by atoms with E-state index in [9.17, 15) is 9.59 Å². The van der Waals surface area contributed by atoms with Gasteiger partial charge in [0.15, 0.2) is 0 Å². The van der Waals surface area contributed by atoms with E-state index < -0.39 is 0 Å². The smallest absolute Gasteiger partial charge is 0.234 e. The minimum atomic E-state index is -0.328. The number of fused-ring (bicyclic) bond motifs is 1. The fourth-order valence-corrected chi connectivity index (χ4v) is 3.06. The maximum Gasteiger partial charge on any atom is 0.234 e. The van der Waals surface area contributed by atoms with Crippen LogP contribution in [0.25, 0.3) is 0 Å². The summed E-state index contributed by atoms with van der Waals surface area (Å²) in [5, 5.41) is 0. The molecule has 3 nitrogen and oxygen atoms in total. The molecule has 1 saturated heterocycles. The van der Waals surface area contributed by atoms with E-state index >= 15 is 0 Å². The zero-order valence-electron chi connectivity index (χ0n) is 10.3. The molecular formula is C14H19NO2. The summed E-state index contributed by atoms with van der Waals surface area (Å²) in [6.07, 6.45) is 10.9. The summed E-state index contributed by atoms with van der Waals surface area (Å²) >= 11 is 0. The van der Waals surface area contributed by atoms with Gasteiger partial charge in [0.1, 0.15) is 6.04 Å². The van der Waals surface area contributed by atoms with E-state index in [-0.39, 0.29) is 29.7 Å². The highest BCUT2D eigenvalue weighted by molar-refractivity contribution is 6.05. The van der Waals surface area contributed by atoms with E-state index in [4.69, 9.17) is 6.42 Å². The fourth-order valence-electron chi connectivity index (χ4n) is 3.06. The first-order valence-electron chi connectivity index (χ1n) is 6.53. The topological polar surface area (TPSA) is 37.4 Å². The Kier molecular flexibility index (Phi) is 3.51. The minimum absolute atomic E-state index is 0.0175. The van der Waals surface area contributed by atoms with Crippen molar-refractivity contribution in [2.75, 3.05) is 0 Å². The van der Waals surface area contributed by atoms with Gasteiger partial charge >= 0.3 is 0 Å². The Hall–Kier alpha value is -1.30. The van der Waals surface area contributed by atoms with Crippen molar-refractivity contribution in [1.82, 2.24) is 4.90 Å². The van der Waals surface area contributed by atoms with Gasteiger partial charge in [-0.1, -0.05) is 32.1 Å². The van der Waals surface area contributed by atoms with Crippen molar-refractivity contribution in [3.63, 3.8) is 0 Å². The minimum Gasteiger partial charge on any atom is -0.274 e. The Bertz CT molecular complexity index is 345. The van der Waals surface area contributed by atoms with E-state index in [0.717, 1.165) is 32.1 Å². The molecule has 92 valence electrons. The number of amides is 2. The van der Waals surface area contributed by atoms with Crippen LogP contribution < -0.4 is 0 Å². The quantitative estimate of drug-likeness (QED) is 0.552. The number of carbonyl (C=O) groups excluding carboxylic acids is 2. The van der Waals surface area contributed by atoms with Crippen LogP contribution in [0.2, 0.25) is 0 Å². The molecule has 0 aromatic heterocycles. The number of nitrogens with zero attached hydrogens (tertiary/aromatic N) is 1. The summed E-state index contributed by atoms with van der Waals surface area (Å²) in [5.74, 6) is 2.41. The molecule has 1 aliphatic heterocycles. The molecule has 0 bridgehead atoms. The summed E-state index contributed by atoms with van der Waals surface area (Å²) < 4.78 is 0. The highest BCUT2D eigenvalue weighted by Gasteiger charge is 2.49. The largest absolute Gasteiger partial charge is 0.274 e. The van der Waals surface area contributed by atoms with Gasteiger partial charge in [0.2, 0.25) is 11.8 Å². The first kappa shape index (κ1) is 12.2. The second kappa shape index (κ2) is 4.91. The second-order valence-corrected chi connectivity index (χ2v) is 5.02.